The fourth-order valence-corrected chi connectivity index (χ4v) is 2.05. The molecule has 24 heavy (non-hydrogen) atoms. The molecule has 0 heterocycles. The van der Waals surface area contributed by atoms with E-state index in [0.29, 0.717) is 17.0 Å². The molecular weight excluding hydrogens is 310 g/mol. The van der Waals surface area contributed by atoms with Gasteiger partial charge in [0.25, 0.3) is 5.91 Å². The normalized spacial score (nSPS) is 12.8. The van der Waals surface area contributed by atoms with Crippen LogP contribution in [0, 0.1) is 0 Å². The zero-order valence-corrected chi connectivity index (χ0v) is 13.4. The summed E-state index contributed by atoms with van der Waals surface area (Å²) in [5.41, 5.74) is 0.872. The maximum Gasteiger partial charge on any atom is 0.340 e. The van der Waals surface area contributed by atoms with Crippen LogP contribution in [0.25, 0.3) is 0 Å². The first kappa shape index (κ1) is 17.5. The molecule has 2 N–H and O–H groups in total. The second kappa shape index (κ2) is 8.12. The molecule has 126 valence electrons. The molecule has 0 radical (unpaired) electrons. The number of aliphatic hydroxyl groups is 1. The molecule has 0 unspecified atom stereocenters. The Bertz CT molecular complexity index is 702. The van der Waals surface area contributed by atoms with Gasteiger partial charge in [-0.25, -0.2) is 4.79 Å². The molecule has 2 aromatic rings. The minimum Gasteiger partial charge on any atom is -0.495 e. The molecule has 1 amide bonds. The Labute approximate surface area is 140 Å². The summed E-state index contributed by atoms with van der Waals surface area (Å²) >= 11 is 0. The van der Waals surface area contributed by atoms with Crippen LogP contribution in [0.1, 0.15) is 18.6 Å². The number of amides is 1. The Morgan fingerprint density at radius 2 is 1.67 bits per heavy atom. The molecule has 0 spiro atoms. The predicted molar refractivity (Wildman–Crippen MR) is 88.6 cm³/mol. The molecule has 6 heteroatoms. The lowest BCUT2D eigenvalue weighted by Gasteiger charge is -2.17. The van der Waals surface area contributed by atoms with Crippen molar-refractivity contribution in [3.05, 3.63) is 60.2 Å². The lowest BCUT2D eigenvalue weighted by molar-refractivity contribution is -0.162. The summed E-state index contributed by atoms with van der Waals surface area (Å²) in [6, 6.07) is 15.3. The number of para-hydroxylation sites is 2. The van der Waals surface area contributed by atoms with Crippen molar-refractivity contribution in [3.63, 3.8) is 0 Å². The van der Waals surface area contributed by atoms with Crippen molar-refractivity contribution in [2.75, 3.05) is 12.4 Å². The van der Waals surface area contributed by atoms with Gasteiger partial charge in [-0.05, 0) is 24.6 Å². The Morgan fingerprint density at radius 3 is 2.33 bits per heavy atom. The summed E-state index contributed by atoms with van der Waals surface area (Å²) in [5, 5.41) is 12.6. The van der Waals surface area contributed by atoms with Crippen LogP contribution in [0.15, 0.2) is 54.6 Å². The van der Waals surface area contributed by atoms with E-state index >= 15 is 0 Å². The second-order valence-corrected chi connectivity index (χ2v) is 5.08. The van der Waals surface area contributed by atoms with E-state index < -0.39 is 24.1 Å². The van der Waals surface area contributed by atoms with E-state index in [1.54, 1.807) is 54.6 Å². The lowest BCUT2D eigenvalue weighted by atomic mass is 10.1. The Hall–Kier alpha value is -2.86. The Balaban J connectivity index is 1.97. The molecule has 2 aromatic carbocycles. The van der Waals surface area contributed by atoms with Crippen molar-refractivity contribution in [2.45, 2.75) is 19.1 Å². The van der Waals surface area contributed by atoms with Gasteiger partial charge in [0, 0.05) is 0 Å². The van der Waals surface area contributed by atoms with Crippen molar-refractivity contribution in [1.82, 2.24) is 0 Å². The van der Waals surface area contributed by atoms with Gasteiger partial charge in [-0.3, -0.25) is 4.79 Å². The number of aliphatic hydroxyl groups excluding tert-OH is 1. The molecule has 0 aromatic heterocycles. The average Bonchev–Trinajstić information content (AvgIpc) is 2.62. The maximum atomic E-state index is 12.1. The second-order valence-electron chi connectivity index (χ2n) is 5.08. The van der Waals surface area contributed by atoms with E-state index in [4.69, 9.17) is 9.47 Å². The Morgan fingerprint density at radius 1 is 1.04 bits per heavy atom. The van der Waals surface area contributed by atoms with Crippen molar-refractivity contribution >= 4 is 17.6 Å². The van der Waals surface area contributed by atoms with E-state index in [9.17, 15) is 14.7 Å². The van der Waals surface area contributed by atoms with Crippen LogP contribution in [0.5, 0.6) is 5.75 Å². The molecule has 0 aliphatic rings. The number of hydrogen-bond acceptors (Lipinski definition) is 5. The first-order valence-corrected chi connectivity index (χ1v) is 7.40. The molecular formula is C18H19NO5. The fourth-order valence-electron chi connectivity index (χ4n) is 2.05. The molecule has 0 saturated heterocycles. The summed E-state index contributed by atoms with van der Waals surface area (Å²) in [6.45, 7) is 1.43. The summed E-state index contributed by atoms with van der Waals surface area (Å²) < 4.78 is 10.2. The number of rotatable bonds is 6. The summed E-state index contributed by atoms with van der Waals surface area (Å²) in [7, 11) is 1.49. The number of carbonyl (C=O) groups excluding carboxylic acids is 2. The highest BCUT2D eigenvalue weighted by Gasteiger charge is 2.24. The summed E-state index contributed by atoms with van der Waals surface area (Å²) in [4.78, 5) is 24.1. The van der Waals surface area contributed by atoms with Gasteiger partial charge in [0.15, 0.2) is 12.2 Å². The smallest absolute Gasteiger partial charge is 0.340 e. The quantitative estimate of drug-likeness (QED) is 0.794. The highest BCUT2D eigenvalue weighted by atomic mass is 16.6. The van der Waals surface area contributed by atoms with Crippen LogP contribution in [0.2, 0.25) is 0 Å². The Kier molecular flexibility index (Phi) is 5.92. The van der Waals surface area contributed by atoms with Crippen molar-refractivity contribution in [1.29, 1.82) is 0 Å². The van der Waals surface area contributed by atoms with Crippen molar-refractivity contribution in [3.8, 4) is 5.75 Å². The van der Waals surface area contributed by atoms with Gasteiger partial charge in [0.05, 0.1) is 12.8 Å². The number of anilines is 1. The number of carbonyl (C=O) groups is 2. The highest BCUT2D eigenvalue weighted by molar-refractivity contribution is 5.96. The maximum absolute atomic E-state index is 12.1. The lowest BCUT2D eigenvalue weighted by Crippen LogP contribution is -2.31. The minimum absolute atomic E-state index is 0.403. The third-order valence-electron chi connectivity index (χ3n) is 3.37. The topological polar surface area (TPSA) is 84.9 Å². The molecule has 2 atom stereocenters. The van der Waals surface area contributed by atoms with Crippen LogP contribution in [-0.2, 0) is 14.3 Å². The van der Waals surface area contributed by atoms with Crippen LogP contribution < -0.4 is 10.1 Å². The molecule has 0 bridgehead atoms. The molecule has 0 fully saturated rings. The van der Waals surface area contributed by atoms with E-state index in [-0.39, 0.29) is 0 Å². The zero-order valence-electron chi connectivity index (χ0n) is 13.4. The SMILES string of the molecule is COc1ccccc1NC(=O)[C@H](C)OC(=O)[C@@H](O)c1ccccc1. The minimum atomic E-state index is -1.44. The van der Waals surface area contributed by atoms with E-state index in [1.165, 1.54) is 14.0 Å². The number of methoxy groups -OCH3 is 1. The average molecular weight is 329 g/mol. The van der Waals surface area contributed by atoms with E-state index in [1.807, 2.05) is 0 Å². The van der Waals surface area contributed by atoms with Gasteiger partial charge in [-0.2, -0.15) is 0 Å². The van der Waals surface area contributed by atoms with Gasteiger partial charge in [-0.15, -0.1) is 0 Å². The van der Waals surface area contributed by atoms with Crippen LogP contribution in [0.4, 0.5) is 5.69 Å². The van der Waals surface area contributed by atoms with Gasteiger partial charge in [-0.1, -0.05) is 42.5 Å². The van der Waals surface area contributed by atoms with E-state index in [2.05, 4.69) is 5.32 Å². The van der Waals surface area contributed by atoms with Gasteiger partial charge in [0.1, 0.15) is 5.75 Å². The van der Waals surface area contributed by atoms with Crippen molar-refractivity contribution in [2.24, 2.45) is 0 Å². The fraction of sp³-hybridized carbons (Fsp3) is 0.222. The third-order valence-corrected chi connectivity index (χ3v) is 3.37. The molecule has 0 aliphatic carbocycles. The number of nitrogens with one attached hydrogen (secondary N) is 1. The van der Waals surface area contributed by atoms with Crippen molar-refractivity contribution < 1.29 is 24.2 Å². The molecule has 0 saturated carbocycles. The number of benzene rings is 2. The summed E-state index contributed by atoms with van der Waals surface area (Å²) in [6.07, 6.45) is -2.51. The third kappa shape index (κ3) is 4.33. The van der Waals surface area contributed by atoms with Crippen LogP contribution >= 0.6 is 0 Å². The highest BCUT2D eigenvalue weighted by Crippen LogP contribution is 2.23. The largest absolute Gasteiger partial charge is 0.495 e. The summed E-state index contributed by atoms with van der Waals surface area (Å²) in [5.74, 6) is -0.911. The van der Waals surface area contributed by atoms with Gasteiger partial charge >= 0.3 is 5.97 Å². The standard InChI is InChI=1S/C18H19NO5/c1-12(17(21)19-14-10-6-7-11-15(14)23-2)24-18(22)16(20)13-8-4-3-5-9-13/h3-12,16,20H,1-2H3,(H,19,21)/t12-,16-/m0/s1. The van der Waals surface area contributed by atoms with Gasteiger partial charge < -0.3 is 19.9 Å². The van der Waals surface area contributed by atoms with Crippen LogP contribution in [0.3, 0.4) is 0 Å². The van der Waals surface area contributed by atoms with E-state index in [0.717, 1.165) is 0 Å². The molecule has 0 aliphatic heterocycles. The number of ether oxygens (including phenoxy) is 2. The molecule has 2 rings (SSSR count). The monoisotopic (exact) mass is 329 g/mol. The predicted octanol–water partition coefficient (Wildman–Crippen LogP) is 2.30. The first-order valence-electron chi connectivity index (χ1n) is 7.40. The zero-order chi connectivity index (χ0) is 17.5. The number of esters is 1. The molecule has 6 nitrogen and oxygen atoms in total. The van der Waals surface area contributed by atoms with Gasteiger partial charge in [0.2, 0.25) is 0 Å². The number of hydrogen-bond donors (Lipinski definition) is 2. The first-order chi connectivity index (χ1) is 11.5. The van der Waals surface area contributed by atoms with Crippen LogP contribution in [-0.4, -0.2) is 30.2 Å².